The minimum absolute atomic E-state index is 0.175. The average molecular weight is 179 g/mol. The SMILES string of the molecule is NCc1cc(C2CCC2)ccc1F. The molecule has 1 nitrogen and oxygen atoms in total. The fourth-order valence-electron chi connectivity index (χ4n) is 1.75. The maximum Gasteiger partial charge on any atom is 0.127 e. The summed E-state index contributed by atoms with van der Waals surface area (Å²) in [7, 11) is 0. The third-order valence-corrected chi connectivity index (χ3v) is 2.87. The maximum absolute atomic E-state index is 13.1. The molecule has 0 saturated heterocycles. The highest BCUT2D eigenvalue weighted by molar-refractivity contribution is 5.28. The highest BCUT2D eigenvalue weighted by Crippen LogP contribution is 2.36. The van der Waals surface area contributed by atoms with Crippen molar-refractivity contribution in [1.29, 1.82) is 0 Å². The molecule has 0 radical (unpaired) electrons. The van der Waals surface area contributed by atoms with E-state index in [-0.39, 0.29) is 5.82 Å². The lowest BCUT2D eigenvalue weighted by Crippen LogP contribution is -2.10. The van der Waals surface area contributed by atoms with Crippen molar-refractivity contribution in [2.24, 2.45) is 5.73 Å². The van der Waals surface area contributed by atoms with E-state index in [4.69, 9.17) is 5.73 Å². The number of benzene rings is 1. The molecule has 1 aliphatic rings. The molecule has 0 bridgehead atoms. The molecule has 0 aliphatic heterocycles. The summed E-state index contributed by atoms with van der Waals surface area (Å²) in [5, 5.41) is 0. The van der Waals surface area contributed by atoms with Gasteiger partial charge in [-0.3, -0.25) is 0 Å². The Morgan fingerprint density at radius 1 is 1.38 bits per heavy atom. The summed E-state index contributed by atoms with van der Waals surface area (Å²) in [6, 6.07) is 5.34. The minimum Gasteiger partial charge on any atom is -0.326 e. The van der Waals surface area contributed by atoms with Gasteiger partial charge in [0.25, 0.3) is 0 Å². The zero-order valence-corrected chi connectivity index (χ0v) is 7.59. The van der Waals surface area contributed by atoms with Gasteiger partial charge >= 0.3 is 0 Å². The van der Waals surface area contributed by atoms with Crippen molar-refractivity contribution in [3.63, 3.8) is 0 Å². The van der Waals surface area contributed by atoms with Gasteiger partial charge in [-0.25, -0.2) is 4.39 Å². The summed E-state index contributed by atoms with van der Waals surface area (Å²) < 4.78 is 13.1. The Balaban J connectivity index is 2.26. The second kappa shape index (κ2) is 3.46. The van der Waals surface area contributed by atoms with Gasteiger partial charge in [-0.15, -0.1) is 0 Å². The molecule has 2 rings (SSSR count). The summed E-state index contributed by atoms with van der Waals surface area (Å²) >= 11 is 0. The molecular formula is C11H14FN. The van der Waals surface area contributed by atoms with Crippen LogP contribution in [0.15, 0.2) is 18.2 Å². The van der Waals surface area contributed by atoms with E-state index in [1.807, 2.05) is 12.1 Å². The van der Waals surface area contributed by atoms with Crippen LogP contribution in [0.3, 0.4) is 0 Å². The molecule has 2 N–H and O–H groups in total. The van der Waals surface area contributed by atoms with Crippen LogP contribution in [0, 0.1) is 5.82 Å². The van der Waals surface area contributed by atoms with Crippen LogP contribution < -0.4 is 5.73 Å². The first-order valence-corrected chi connectivity index (χ1v) is 4.79. The first kappa shape index (κ1) is 8.70. The Bertz CT molecular complexity index is 305. The van der Waals surface area contributed by atoms with E-state index >= 15 is 0 Å². The van der Waals surface area contributed by atoms with E-state index in [0.717, 1.165) is 0 Å². The zero-order valence-electron chi connectivity index (χ0n) is 7.59. The first-order valence-electron chi connectivity index (χ1n) is 4.79. The van der Waals surface area contributed by atoms with Gasteiger partial charge in [0.05, 0.1) is 0 Å². The van der Waals surface area contributed by atoms with Gasteiger partial charge < -0.3 is 5.73 Å². The Morgan fingerprint density at radius 2 is 2.15 bits per heavy atom. The van der Waals surface area contributed by atoms with Crippen LogP contribution in [0.2, 0.25) is 0 Å². The molecule has 70 valence electrons. The minimum atomic E-state index is -0.175. The van der Waals surface area contributed by atoms with Crippen LogP contribution in [0.4, 0.5) is 4.39 Å². The van der Waals surface area contributed by atoms with E-state index in [0.29, 0.717) is 18.0 Å². The van der Waals surface area contributed by atoms with Crippen LogP contribution in [-0.4, -0.2) is 0 Å². The van der Waals surface area contributed by atoms with Crippen LogP contribution in [0.1, 0.15) is 36.3 Å². The molecule has 0 aromatic heterocycles. The standard InChI is InChI=1S/C11H14FN/c12-11-5-4-9(6-10(11)7-13)8-2-1-3-8/h4-6,8H,1-3,7,13H2. The van der Waals surface area contributed by atoms with Crippen LogP contribution >= 0.6 is 0 Å². The molecule has 2 heteroatoms. The molecule has 0 unspecified atom stereocenters. The van der Waals surface area contributed by atoms with Gasteiger partial charge in [-0.1, -0.05) is 18.6 Å². The molecule has 0 heterocycles. The summed E-state index contributed by atoms with van der Waals surface area (Å²) in [5.74, 6) is 0.483. The highest BCUT2D eigenvalue weighted by Gasteiger charge is 2.19. The average Bonchev–Trinajstić information content (AvgIpc) is 2.05. The normalized spacial score (nSPS) is 17.1. The molecule has 1 aromatic carbocycles. The molecular weight excluding hydrogens is 165 g/mol. The van der Waals surface area contributed by atoms with Crippen molar-refractivity contribution < 1.29 is 4.39 Å². The lowest BCUT2D eigenvalue weighted by molar-refractivity contribution is 0.419. The van der Waals surface area contributed by atoms with Crippen molar-refractivity contribution in [2.45, 2.75) is 31.7 Å². The molecule has 1 fully saturated rings. The molecule has 0 atom stereocenters. The monoisotopic (exact) mass is 179 g/mol. The van der Waals surface area contributed by atoms with E-state index in [1.54, 1.807) is 0 Å². The largest absolute Gasteiger partial charge is 0.326 e. The molecule has 1 saturated carbocycles. The van der Waals surface area contributed by atoms with Crippen molar-refractivity contribution >= 4 is 0 Å². The van der Waals surface area contributed by atoms with Gasteiger partial charge in [0.1, 0.15) is 5.82 Å². The highest BCUT2D eigenvalue weighted by atomic mass is 19.1. The predicted octanol–water partition coefficient (Wildman–Crippen LogP) is 2.55. The van der Waals surface area contributed by atoms with E-state index in [2.05, 4.69) is 0 Å². The van der Waals surface area contributed by atoms with Crippen LogP contribution in [0.25, 0.3) is 0 Å². The summed E-state index contributed by atoms with van der Waals surface area (Å²) in [6.07, 6.45) is 3.80. The molecule has 1 aromatic rings. The number of hydrogen-bond acceptors (Lipinski definition) is 1. The topological polar surface area (TPSA) is 26.0 Å². The second-order valence-corrected chi connectivity index (χ2v) is 3.68. The summed E-state index contributed by atoms with van der Waals surface area (Å²) in [4.78, 5) is 0. The number of rotatable bonds is 2. The quantitative estimate of drug-likeness (QED) is 0.741. The van der Waals surface area contributed by atoms with Crippen molar-refractivity contribution in [2.75, 3.05) is 0 Å². The van der Waals surface area contributed by atoms with E-state index in [1.165, 1.54) is 30.9 Å². The molecule has 0 spiro atoms. The van der Waals surface area contributed by atoms with Crippen molar-refractivity contribution in [1.82, 2.24) is 0 Å². The maximum atomic E-state index is 13.1. The van der Waals surface area contributed by atoms with E-state index in [9.17, 15) is 4.39 Å². The number of hydrogen-bond donors (Lipinski definition) is 1. The third kappa shape index (κ3) is 1.59. The molecule has 13 heavy (non-hydrogen) atoms. The second-order valence-electron chi connectivity index (χ2n) is 3.68. The molecule has 0 amide bonds. The van der Waals surface area contributed by atoms with Gasteiger partial charge in [-0.05, 0) is 30.4 Å². The van der Waals surface area contributed by atoms with E-state index < -0.39 is 0 Å². The Kier molecular flexibility index (Phi) is 2.32. The van der Waals surface area contributed by atoms with Gasteiger partial charge in [0.2, 0.25) is 0 Å². The van der Waals surface area contributed by atoms with Crippen LogP contribution in [-0.2, 0) is 6.54 Å². The number of nitrogens with two attached hydrogens (primary N) is 1. The lowest BCUT2D eigenvalue weighted by atomic mass is 9.79. The fourth-order valence-corrected chi connectivity index (χ4v) is 1.75. The van der Waals surface area contributed by atoms with Gasteiger partial charge in [0.15, 0.2) is 0 Å². The Morgan fingerprint density at radius 3 is 2.69 bits per heavy atom. The zero-order chi connectivity index (χ0) is 9.26. The third-order valence-electron chi connectivity index (χ3n) is 2.87. The van der Waals surface area contributed by atoms with Gasteiger partial charge in [0, 0.05) is 12.1 Å². The summed E-state index contributed by atoms with van der Waals surface area (Å²) in [5.41, 5.74) is 7.34. The summed E-state index contributed by atoms with van der Waals surface area (Å²) in [6.45, 7) is 0.298. The smallest absolute Gasteiger partial charge is 0.127 e. The Hall–Kier alpha value is -0.890. The van der Waals surface area contributed by atoms with Gasteiger partial charge in [-0.2, -0.15) is 0 Å². The Labute approximate surface area is 77.8 Å². The lowest BCUT2D eigenvalue weighted by Gasteiger charge is -2.26. The van der Waals surface area contributed by atoms with Crippen LogP contribution in [0.5, 0.6) is 0 Å². The molecule has 1 aliphatic carbocycles. The van der Waals surface area contributed by atoms with Crippen molar-refractivity contribution in [3.8, 4) is 0 Å². The predicted molar refractivity (Wildman–Crippen MR) is 50.9 cm³/mol. The van der Waals surface area contributed by atoms with Crippen molar-refractivity contribution in [3.05, 3.63) is 35.1 Å². The number of halogens is 1. The fraction of sp³-hybridized carbons (Fsp3) is 0.455. The first-order chi connectivity index (χ1) is 6.31.